The Labute approximate surface area is 156 Å². The smallest absolute Gasteiger partial charge is 0.230 e. The van der Waals surface area contributed by atoms with Gasteiger partial charge in [0.15, 0.2) is 0 Å². The van der Waals surface area contributed by atoms with E-state index in [1.165, 1.54) is 5.56 Å². The largest absolute Gasteiger partial charge is 0.497 e. The number of amides is 1. The van der Waals surface area contributed by atoms with Gasteiger partial charge in [-0.05, 0) is 57.1 Å². The van der Waals surface area contributed by atoms with Crippen LogP contribution in [-0.4, -0.2) is 38.6 Å². The van der Waals surface area contributed by atoms with Crippen molar-refractivity contribution < 1.29 is 9.53 Å². The Bertz CT molecular complexity index is 781. The lowest BCUT2D eigenvalue weighted by atomic mass is 9.93. The Morgan fingerprint density at radius 2 is 1.92 bits per heavy atom. The lowest BCUT2D eigenvalue weighted by Gasteiger charge is -2.26. The van der Waals surface area contributed by atoms with Gasteiger partial charge in [-0.2, -0.15) is 0 Å². The van der Waals surface area contributed by atoms with Crippen LogP contribution in [0.15, 0.2) is 48.5 Å². The van der Waals surface area contributed by atoms with Gasteiger partial charge in [0.05, 0.1) is 18.6 Å². The number of methoxy groups -OCH3 is 1. The molecule has 1 fully saturated rings. The number of carbonyl (C=O) groups is 1. The number of ether oxygens (including phenoxy) is 1. The van der Waals surface area contributed by atoms with Crippen LogP contribution >= 0.6 is 0 Å². The summed E-state index contributed by atoms with van der Waals surface area (Å²) in [6.07, 6.45) is 1.85. The third kappa shape index (κ3) is 3.75. The van der Waals surface area contributed by atoms with Gasteiger partial charge in [0.2, 0.25) is 5.91 Å². The van der Waals surface area contributed by atoms with Crippen molar-refractivity contribution in [1.82, 2.24) is 10.2 Å². The molecule has 1 unspecified atom stereocenters. The van der Waals surface area contributed by atoms with Crippen LogP contribution in [0.3, 0.4) is 0 Å². The van der Waals surface area contributed by atoms with Crippen molar-refractivity contribution in [2.24, 2.45) is 0 Å². The molecule has 0 bridgehead atoms. The maximum atomic E-state index is 13.0. The van der Waals surface area contributed by atoms with Gasteiger partial charge < -0.3 is 15.0 Å². The van der Waals surface area contributed by atoms with Gasteiger partial charge in [0.1, 0.15) is 5.75 Å². The number of benzene rings is 2. The van der Waals surface area contributed by atoms with Crippen molar-refractivity contribution in [3.63, 3.8) is 0 Å². The summed E-state index contributed by atoms with van der Waals surface area (Å²) in [5, 5.41) is 3.20. The molecule has 1 saturated carbocycles. The summed E-state index contributed by atoms with van der Waals surface area (Å²) >= 11 is 0. The fourth-order valence-corrected chi connectivity index (χ4v) is 3.52. The van der Waals surface area contributed by atoms with Crippen LogP contribution in [-0.2, 0) is 10.2 Å². The Balaban J connectivity index is 1.72. The van der Waals surface area contributed by atoms with Crippen molar-refractivity contribution in [1.29, 1.82) is 0 Å². The first-order valence-electron chi connectivity index (χ1n) is 9.12. The van der Waals surface area contributed by atoms with E-state index in [1.54, 1.807) is 7.11 Å². The molecule has 0 radical (unpaired) electrons. The van der Waals surface area contributed by atoms with Crippen molar-refractivity contribution in [2.75, 3.05) is 27.7 Å². The van der Waals surface area contributed by atoms with Gasteiger partial charge in [-0.15, -0.1) is 0 Å². The zero-order chi connectivity index (χ0) is 18.7. The molecule has 0 aliphatic heterocycles. The van der Waals surface area contributed by atoms with Crippen LogP contribution in [0.5, 0.6) is 5.75 Å². The number of likely N-dealkylation sites (N-methyl/N-ethyl adjacent to an activating group) is 1. The lowest BCUT2D eigenvalue weighted by molar-refractivity contribution is -0.123. The number of carbonyl (C=O) groups excluding carboxylic acids is 1. The second-order valence-electron chi connectivity index (χ2n) is 7.42. The third-order valence-corrected chi connectivity index (χ3v) is 5.31. The van der Waals surface area contributed by atoms with Gasteiger partial charge in [0, 0.05) is 6.54 Å². The molecule has 0 heterocycles. The maximum absolute atomic E-state index is 13.0. The predicted molar refractivity (Wildman–Crippen MR) is 105 cm³/mol. The summed E-state index contributed by atoms with van der Waals surface area (Å²) in [7, 11) is 5.73. The topological polar surface area (TPSA) is 41.6 Å². The first kappa shape index (κ1) is 18.5. The van der Waals surface area contributed by atoms with Crippen LogP contribution < -0.4 is 10.1 Å². The molecule has 1 aliphatic rings. The number of aryl methyl sites for hydroxylation is 1. The molecule has 1 amide bonds. The van der Waals surface area contributed by atoms with E-state index in [1.807, 2.05) is 38.4 Å². The fraction of sp³-hybridized carbons (Fsp3) is 0.409. The Hall–Kier alpha value is -2.33. The van der Waals surface area contributed by atoms with Crippen LogP contribution in [0.4, 0.5) is 0 Å². The molecule has 1 N–H and O–H groups in total. The number of hydrogen-bond donors (Lipinski definition) is 1. The molecule has 0 spiro atoms. The van der Waals surface area contributed by atoms with Crippen LogP contribution in [0, 0.1) is 6.92 Å². The van der Waals surface area contributed by atoms with Crippen molar-refractivity contribution in [3.8, 4) is 5.75 Å². The Morgan fingerprint density at radius 1 is 1.19 bits per heavy atom. The lowest BCUT2D eigenvalue weighted by Crippen LogP contribution is -2.40. The van der Waals surface area contributed by atoms with Gasteiger partial charge in [0.25, 0.3) is 0 Å². The maximum Gasteiger partial charge on any atom is 0.230 e. The molecule has 2 aromatic rings. The molecule has 0 saturated heterocycles. The summed E-state index contributed by atoms with van der Waals surface area (Å²) in [5.41, 5.74) is 3.13. The monoisotopic (exact) mass is 352 g/mol. The highest BCUT2D eigenvalue weighted by molar-refractivity contribution is 5.91. The van der Waals surface area contributed by atoms with Crippen molar-refractivity contribution in [2.45, 2.75) is 31.2 Å². The summed E-state index contributed by atoms with van der Waals surface area (Å²) in [6.45, 7) is 2.65. The quantitative estimate of drug-likeness (QED) is 0.830. The molecule has 4 heteroatoms. The van der Waals surface area contributed by atoms with Gasteiger partial charge in [-0.1, -0.05) is 42.0 Å². The standard InChI is InChI=1S/C22H28N2O2/c1-16-7-5-9-18(13-16)22(11-12-22)21(25)23-15-20(24(2)3)17-8-6-10-19(14-17)26-4/h5-10,13-14,20H,11-12,15H2,1-4H3,(H,23,25). The summed E-state index contributed by atoms with van der Waals surface area (Å²) in [6, 6.07) is 16.5. The van der Waals surface area contributed by atoms with E-state index in [2.05, 4.69) is 41.4 Å². The SMILES string of the molecule is COc1cccc(C(CNC(=O)C2(c3cccc(C)c3)CC2)N(C)C)c1. The first-order chi connectivity index (χ1) is 12.5. The predicted octanol–water partition coefficient (Wildman–Crippen LogP) is 3.45. The highest BCUT2D eigenvalue weighted by Gasteiger charge is 2.51. The minimum atomic E-state index is -0.336. The van der Waals surface area contributed by atoms with E-state index in [0.717, 1.165) is 29.7 Å². The normalized spacial score (nSPS) is 16.2. The Morgan fingerprint density at radius 3 is 2.54 bits per heavy atom. The average Bonchev–Trinajstić information content (AvgIpc) is 3.43. The van der Waals surface area contributed by atoms with Gasteiger partial charge in [-0.25, -0.2) is 0 Å². The summed E-state index contributed by atoms with van der Waals surface area (Å²) < 4.78 is 5.34. The zero-order valence-electron chi connectivity index (χ0n) is 16.1. The number of hydrogen-bond acceptors (Lipinski definition) is 3. The number of nitrogens with zero attached hydrogens (tertiary/aromatic N) is 1. The number of rotatable bonds is 7. The summed E-state index contributed by atoms with van der Waals surface area (Å²) in [5.74, 6) is 0.969. The molecule has 138 valence electrons. The van der Waals surface area contributed by atoms with E-state index < -0.39 is 0 Å². The molecule has 0 aromatic heterocycles. The second-order valence-corrected chi connectivity index (χ2v) is 7.42. The molecule has 26 heavy (non-hydrogen) atoms. The van der Waals surface area contributed by atoms with Gasteiger partial charge >= 0.3 is 0 Å². The minimum Gasteiger partial charge on any atom is -0.497 e. The van der Waals surface area contributed by atoms with Gasteiger partial charge in [-0.3, -0.25) is 4.79 Å². The summed E-state index contributed by atoms with van der Waals surface area (Å²) in [4.78, 5) is 15.1. The number of nitrogens with one attached hydrogen (secondary N) is 1. The molecule has 1 atom stereocenters. The molecule has 3 rings (SSSR count). The molecule has 2 aromatic carbocycles. The molecular weight excluding hydrogens is 324 g/mol. The van der Waals surface area contributed by atoms with E-state index in [0.29, 0.717) is 6.54 Å². The average molecular weight is 352 g/mol. The van der Waals surface area contributed by atoms with E-state index in [-0.39, 0.29) is 17.4 Å². The first-order valence-corrected chi connectivity index (χ1v) is 9.12. The molecule has 4 nitrogen and oxygen atoms in total. The molecular formula is C22H28N2O2. The Kier molecular flexibility index (Phi) is 5.33. The fourth-order valence-electron chi connectivity index (χ4n) is 3.52. The van der Waals surface area contributed by atoms with E-state index in [9.17, 15) is 4.79 Å². The van der Waals surface area contributed by atoms with Crippen LogP contribution in [0.1, 0.15) is 35.6 Å². The highest BCUT2D eigenvalue weighted by atomic mass is 16.5. The van der Waals surface area contributed by atoms with Crippen molar-refractivity contribution >= 4 is 5.91 Å². The van der Waals surface area contributed by atoms with E-state index >= 15 is 0 Å². The van der Waals surface area contributed by atoms with E-state index in [4.69, 9.17) is 4.74 Å². The minimum absolute atomic E-state index is 0.0994. The van der Waals surface area contributed by atoms with Crippen LogP contribution in [0.25, 0.3) is 0 Å². The molecule has 1 aliphatic carbocycles. The third-order valence-electron chi connectivity index (χ3n) is 5.31. The zero-order valence-corrected chi connectivity index (χ0v) is 16.1. The van der Waals surface area contributed by atoms with Crippen LogP contribution in [0.2, 0.25) is 0 Å². The van der Waals surface area contributed by atoms with Crippen molar-refractivity contribution in [3.05, 3.63) is 65.2 Å². The second kappa shape index (κ2) is 7.50. The highest BCUT2D eigenvalue weighted by Crippen LogP contribution is 2.48.